The van der Waals surface area contributed by atoms with Crippen molar-refractivity contribution in [2.75, 3.05) is 18.0 Å². The van der Waals surface area contributed by atoms with Gasteiger partial charge in [-0.1, -0.05) is 30.3 Å². The van der Waals surface area contributed by atoms with Crippen LogP contribution in [0.3, 0.4) is 0 Å². The first-order valence-electron chi connectivity index (χ1n) is 7.17. The number of benzene rings is 1. The Kier molecular flexibility index (Phi) is 3.15. The van der Waals surface area contributed by atoms with E-state index in [1.165, 1.54) is 12.8 Å². The molecule has 1 aromatic carbocycles. The highest BCUT2D eigenvalue weighted by molar-refractivity contribution is 9.10. The summed E-state index contributed by atoms with van der Waals surface area (Å²) in [5.41, 5.74) is 3.18. The molecule has 0 spiro atoms. The molecule has 1 saturated heterocycles. The Labute approximate surface area is 131 Å². The summed E-state index contributed by atoms with van der Waals surface area (Å²) in [7, 11) is 0. The van der Waals surface area contributed by atoms with E-state index in [1.807, 2.05) is 30.6 Å². The van der Waals surface area contributed by atoms with Gasteiger partial charge in [-0.15, -0.1) is 0 Å². The van der Waals surface area contributed by atoms with Crippen molar-refractivity contribution in [1.29, 1.82) is 0 Å². The minimum Gasteiger partial charge on any atom is -0.353 e. The predicted molar refractivity (Wildman–Crippen MR) is 87.6 cm³/mol. The lowest BCUT2D eigenvalue weighted by molar-refractivity contribution is 0.922. The van der Waals surface area contributed by atoms with E-state index >= 15 is 0 Å². The lowest BCUT2D eigenvalue weighted by atomic mass is 10.2. The van der Waals surface area contributed by atoms with Crippen molar-refractivity contribution in [2.45, 2.75) is 12.8 Å². The standard InChI is InChI=1S/C16H15BrN4/c17-14-11-21-13(12-6-2-1-3-7-12)10-18-15(21)16(19-14)20-8-4-5-9-20/h1-3,6-7,10-11H,4-5,8-9H2. The summed E-state index contributed by atoms with van der Waals surface area (Å²) < 4.78 is 2.96. The van der Waals surface area contributed by atoms with Gasteiger partial charge in [-0.05, 0) is 28.8 Å². The van der Waals surface area contributed by atoms with Crippen molar-refractivity contribution < 1.29 is 0 Å². The number of halogens is 1. The zero-order valence-corrected chi connectivity index (χ0v) is 13.1. The van der Waals surface area contributed by atoms with Gasteiger partial charge in [0.15, 0.2) is 11.5 Å². The van der Waals surface area contributed by atoms with Gasteiger partial charge in [-0.3, -0.25) is 4.40 Å². The van der Waals surface area contributed by atoms with Gasteiger partial charge < -0.3 is 4.90 Å². The summed E-state index contributed by atoms with van der Waals surface area (Å²) in [6, 6.07) is 10.3. The lowest BCUT2D eigenvalue weighted by Gasteiger charge is -2.17. The highest BCUT2D eigenvalue weighted by atomic mass is 79.9. The molecule has 3 heterocycles. The van der Waals surface area contributed by atoms with Crippen LogP contribution in [-0.4, -0.2) is 27.5 Å². The van der Waals surface area contributed by atoms with Crippen molar-refractivity contribution in [1.82, 2.24) is 14.4 Å². The van der Waals surface area contributed by atoms with Crippen LogP contribution < -0.4 is 4.90 Å². The van der Waals surface area contributed by atoms with Crippen LogP contribution in [-0.2, 0) is 0 Å². The van der Waals surface area contributed by atoms with Gasteiger partial charge in [0.2, 0.25) is 0 Å². The largest absolute Gasteiger partial charge is 0.353 e. The Bertz CT molecular complexity index is 776. The van der Waals surface area contributed by atoms with Crippen molar-refractivity contribution in [3.8, 4) is 11.3 Å². The number of hydrogen-bond acceptors (Lipinski definition) is 3. The molecule has 1 aliphatic heterocycles. The Morgan fingerprint density at radius 2 is 1.81 bits per heavy atom. The molecule has 106 valence electrons. The summed E-state index contributed by atoms with van der Waals surface area (Å²) in [5, 5.41) is 0. The normalized spacial score (nSPS) is 15.0. The molecule has 2 aromatic heterocycles. The van der Waals surface area contributed by atoms with Crippen LogP contribution in [0.5, 0.6) is 0 Å². The molecule has 1 aliphatic rings. The number of anilines is 1. The average Bonchev–Trinajstić information content (AvgIpc) is 3.17. The summed E-state index contributed by atoms with van der Waals surface area (Å²) in [4.78, 5) is 11.6. The molecule has 1 fully saturated rings. The zero-order chi connectivity index (χ0) is 14.2. The first-order chi connectivity index (χ1) is 10.3. The molecule has 4 rings (SSSR count). The van der Waals surface area contributed by atoms with Gasteiger partial charge in [0, 0.05) is 24.8 Å². The van der Waals surface area contributed by atoms with Crippen molar-refractivity contribution in [3.05, 3.63) is 47.3 Å². The molecule has 0 bridgehead atoms. The second-order valence-corrected chi connectivity index (χ2v) is 6.10. The Morgan fingerprint density at radius 1 is 1.05 bits per heavy atom. The molecule has 5 heteroatoms. The molecule has 0 amide bonds. The van der Waals surface area contributed by atoms with Gasteiger partial charge in [-0.25, -0.2) is 9.97 Å². The topological polar surface area (TPSA) is 33.4 Å². The first-order valence-corrected chi connectivity index (χ1v) is 7.96. The third-order valence-corrected chi connectivity index (χ3v) is 4.30. The van der Waals surface area contributed by atoms with Crippen molar-refractivity contribution in [2.24, 2.45) is 0 Å². The fourth-order valence-electron chi connectivity index (χ4n) is 2.91. The van der Waals surface area contributed by atoms with Crippen molar-refractivity contribution >= 4 is 27.4 Å². The minimum absolute atomic E-state index is 0.840. The highest BCUT2D eigenvalue weighted by Crippen LogP contribution is 2.29. The van der Waals surface area contributed by atoms with E-state index in [-0.39, 0.29) is 0 Å². The van der Waals surface area contributed by atoms with Crippen LogP contribution in [0.1, 0.15) is 12.8 Å². The summed E-state index contributed by atoms with van der Waals surface area (Å²) >= 11 is 3.54. The SMILES string of the molecule is Brc1cn2c(-c3ccccc3)cnc2c(N2CCCC2)n1. The van der Waals surface area contributed by atoms with E-state index in [1.54, 1.807) is 0 Å². The molecule has 4 nitrogen and oxygen atoms in total. The Morgan fingerprint density at radius 3 is 2.57 bits per heavy atom. The maximum Gasteiger partial charge on any atom is 0.180 e. The van der Waals surface area contributed by atoms with Gasteiger partial charge in [0.05, 0.1) is 11.9 Å². The predicted octanol–water partition coefficient (Wildman–Crippen LogP) is 3.76. The summed E-state index contributed by atoms with van der Waals surface area (Å²) in [5.74, 6) is 0.976. The van der Waals surface area contributed by atoms with E-state index in [0.717, 1.165) is 40.4 Å². The van der Waals surface area contributed by atoms with Crippen LogP contribution in [0.25, 0.3) is 16.9 Å². The molecular formula is C16H15BrN4. The molecule has 0 radical (unpaired) electrons. The number of imidazole rings is 1. The summed E-state index contributed by atoms with van der Waals surface area (Å²) in [6.45, 7) is 2.12. The number of rotatable bonds is 2. The lowest BCUT2D eigenvalue weighted by Crippen LogP contribution is -2.20. The van der Waals surface area contributed by atoms with Gasteiger partial charge in [0.1, 0.15) is 4.60 Å². The zero-order valence-electron chi connectivity index (χ0n) is 11.5. The maximum absolute atomic E-state index is 4.65. The molecule has 0 saturated carbocycles. The smallest absolute Gasteiger partial charge is 0.180 e. The van der Waals surface area contributed by atoms with E-state index < -0.39 is 0 Å². The van der Waals surface area contributed by atoms with Crippen LogP contribution in [0.4, 0.5) is 5.82 Å². The minimum atomic E-state index is 0.840. The monoisotopic (exact) mass is 342 g/mol. The van der Waals surface area contributed by atoms with E-state index in [0.29, 0.717) is 0 Å². The van der Waals surface area contributed by atoms with E-state index in [9.17, 15) is 0 Å². The third kappa shape index (κ3) is 2.21. The van der Waals surface area contributed by atoms with Gasteiger partial charge in [0.25, 0.3) is 0 Å². The van der Waals surface area contributed by atoms with Crippen LogP contribution in [0.2, 0.25) is 0 Å². The Hall–Kier alpha value is -1.88. The maximum atomic E-state index is 4.65. The molecule has 0 aliphatic carbocycles. The molecular weight excluding hydrogens is 328 g/mol. The van der Waals surface area contributed by atoms with Gasteiger partial charge in [-0.2, -0.15) is 0 Å². The Balaban J connectivity index is 1.92. The van der Waals surface area contributed by atoms with Crippen LogP contribution in [0, 0.1) is 0 Å². The highest BCUT2D eigenvalue weighted by Gasteiger charge is 2.19. The van der Waals surface area contributed by atoms with Crippen LogP contribution >= 0.6 is 15.9 Å². The third-order valence-electron chi connectivity index (χ3n) is 3.92. The molecule has 0 unspecified atom stereocenters. The fraction of sp³-hybridized carbons (Fsp3) is 0.250. The van der Waals surface area contributed by atoms with E-state index in [2.05, 4.69) is 47.3 Å². The average molecular weight is 343 g/mol. The van der Waals surface area contributed by atoms with Crippen molar-refractivity contribution in [3.63, 3.8) is 0 Å². The number of hydrogen-bond donors (Lipinski definition) is 0. The number of aromatic nitrogens is 3. The number of nitrogens with zero attached hydrogens (tertiary/aromatic N) is 4. The molecule has 0 N–H and O–H groups in total. The second-order valence-electron chi connectivity index (χ2n) is 5.28. The molecule has 0 atom stereocenters. The van der Waals surface area contributed by atoms with E-state index in [4.69, 9.17) is 0 Å². The van der Waals surface area contributed by atoms with Gasteiger partial charge >= 0.3 is 0 Å². The van der Waals surface area contributed by atoms with Crippen LogP contribution in [0.15, 0.2) is 47.3 Å². The molecule has 3 aromatic rings. The summed E-state index contributed by atoms with van der Waals surface area (Å²) in [6.07, 6.45) is 6.38. The first kappa shape index (κ1) is 12.8. The second kappa shape index (κ2) is 5.15. The number of fused-ring (bicyclic) bond motifs is 1. The fourth-order valence-corrected chi connectivity index (χ4v) is 3.28. The quantitative estimate of drug-likeness (QED) is 0.710. The molecule has 21 heavy (non-hydrogen) atoms.